The first-order chi connectivity index (χ1) is 9.78. The summed E-state index contributed by atoms with van der Waals surface area (Å²) in [5.41, 5.74) is 0.936. The third-order valence-electron chi connectivity index (χ3n) is 2.50. The maximum atomic E-state index is 11.7. The van der Waals surface area contributed by atoms with E-state index in [0.29, 0.717) is 19.4 Å². The molecule has 0 atom stereocenters. The molecule has 2 heterocycles. The third-order valence-corrected chi connectivity index (χ3v) is 4.31. The fourth-order valence-corrected chi connectivity index (χ4v) is 3.04. The highest BCUT2D eigenvalue weighted by atomic mass is 32.1. The molecule has 0 saturated heterocycles. The molecule has 2 aromatic heterocycles. The van der Waals surface area contributed by atoms with E-state index in [0.717, 1.165) is 15.3 Å². The number of hydrogen-bond donors (Lipinski definition) is 2. The van der Waals surface area contributed by atoms with Crippen LogP contribution in [-0.2, 0) is 17.8 Å². The molecule has 2 aromatic rings. The molecule has 5 heteroatoms. The molecule has 1 amide bonds. The van der Waals surface area contributed by atoms with Gasteiger partial charge in [-0.25, -0.2) is 0 Å². The Morgan fingerprint density at radius 3 is 3.00 bits per heavy atom. The second-order valence-corrected chi connectivity index (χ2v) is 6.14. The van der Waals surface area contributed by atoms with Gasteiger partial charge < -0.3 is 10.4 Å². The highest BCUT2D eigenvalue weighted by Crippen LogP contribution is 2.14. The van der Waals surface area contributed by atoms with E-state index < -0.39 is 0 Å². The summed E-state index contributed by atoms with van der Waals surface area (Å²) in [6.45, 7) is 0.624. The smallest absolute Gasteiger partial charge is 0.225 e. The molecule has 3 nitrogen and oxygen atoms in total. The van der Waals surface area contributed by atoms with Crippen molar-refractivity contribution in [3.8, 4) is 11.8 Å². The minimum absolute atomic E-state index is 0.0359. The highest BCUT2D eigenvalue weighted by molar-refractivity contribution is 7.10. The predicted octanol–water partition coefficient (Wildman–Crippen LogP) is 2.40. The van der Waals surface area contributed by atoms with Crippen molar-refractivity contribution in [3.63, 3.8) is 0 Å². The Balaban J connectivity index is 1.79. The molecule has 20 heavy (non-hydrogen) atoms. The molecule has 0 saturated carbocycles. The van der Waals surface area contributed by atoms with Crippen LogP contribution in [0.3, 0.4) is 0 Å². The van der Waals surface area contributed by atoms with Crippen LogP contribution < -0.4 is 5.32 Å². The maximum Gasteiger partial charge on any atom is 0.225 e. The van der Waals surface area contributed by atoms with E-state index in [4.69, 9.17) is 5.11 Å². The van der Waals surface area contributed by atoms with Crippen molar-refractivity contribution in [1.82, 2.24) is 5.32 Å². The van der Waals surface area contributed by atoms with Gasteiger partial charge in [-0.15, -0.1) is 22.7 Å². The lowest BCUT2D eigenvalue weighted by Crippen LogP contribution is -2.23. The summed E-state index contributed by atoms with van der Waals surface area (Å²) in [5, 5.41) is 15.5. The van der Waals surface area contributed by atoms with E-state index in [1.807, 2.05) is 29.0 Å². The minimum Gasteiger partial charge on any atom is -0.395 e. The zero-order valence-corrected chi connectivity index (χ0v) is 12.5. The average Bonchev–Trinajstić information content (AvgIpc) is 3.08. The Hall–Kier alpha value is -1.61. The number of amides is 1. The van der Waals surface area contributed by atoms with E-state index in [1.54, 1.807) is 22.7 Å². The fraction of sp³-hybridized carbons (Fsp3) is 0.267. The molecule has 0 bridgehead atoms. The summed E-state index contributed by atoms with van der Waals surface area (Å²) in [6.07, 6.45) is 0.926. The number of rotatable bonds is 5. The van der Waals surface area contributed by atoms with Gasteiger partial charge in [0, 0.05) is 27.1 Å². The molecule has 104 valence electrons. The summed E-state index contributed by atoms with van der Waals surface area (Å²) in [5.74, 6) is 5.90. The molecule has 2 N–H and O–H groups in total. The number of carbonyl (C=O) groups excluding carboxylic acids is 1. The van der Waals surface area contributed by atoms with E-state index in [2.05, 4.69) is 17.2 Å². The summed E-state index contributed by atoms with van der Waals surface area (Å²) in [4.78, 5) is 13.9. The summed E-state index contributed by atoms with van der Waals surface area (Å²) >= 11 is 3.17. The predicted molar refractivity (Wildman–Crippen MR) is 82.8 cm³/mol. The van der Waals surface area contributed by atoms with Gasteiger partial charge in [0.1, 0.15) is 0 Å². The van der Waals surface area contributed by atoms with Gasteiger partial charge in [-0.1, -0.05) is 17.9 Å². The van der Waals surface area contributed by atoms with Crippen molar-refractivity contribution < 1.29 is 9.90 Å². The first kappa shape index (κ1) is 14.8. The molecule has 0 aromatic carbocycles. The lowest BCUT2D eigenvalue weighted by molar-refractivity contribution is -0.120. The zero-order chi connectivity index (χ0) is 14.2. The Morgan fingerprint density at radius 1 is 1.35 bits per heavy atom. The minimum atomic E-state index is 0.0359. The largest absolute Gasteiger partial charge is 0.395 e. The van der Waals surface area contributed by atoms with Crippen LogP contribution in [0.5, 0.6) is 0 Å². The summed E-state index contributed by atoms with van der Waals surface area (Å²) in [6, 6.07) is 5.88. The summed E-state index contributed by atoms with van der Waals surface area (Å²) in [7, 11) is 0. The monoisotopic (exact) mass is 305 g/mol. The molecule has 0 spiro atoms. The molecular weight excluding hydrogens is 290 g/mol. The Labute approximate surface area is 126 Å². The fourth-order valence-electron chi connectivity index (χ4n) is 1.58. The number of thiophene rings is 2. The normalized spacial score (nSPS) is 9.85. The Morgan fingerprint density at radius 2 is 2.25 bits per heavy atom. The quantitative estimate of drug-likeness (QED) is 0.833. The van der Waals surface area contributed by atoms with Crippen LogP contribution in [0, 0.1) is 11.8 Å². The van der Waals surface area contributed by atoms with Crippen molar-refractivity contribution in [3.05, 3.63) is 44.3 Å². The number of aliphatic hydroxyl groups excluding tert-OH is 1. The molecule has 0 aliphatic carbocycles. The second kappa shape index (κ2) is 7.85. The second-order valence-electron chi connectivity index (χ2n) is 4.11. The molecular formula is C15H15NO2S2. The van der Waals surface area contributed by atoms with Crippen LogP contribution in [-0.4, -0.2) is 17.6 Å². The molecule has 2 rings (SSSR count). The molecule has 0 fully saturated rings. The van der Waals surface area contributed by atoms with Crippen molar-refractivity contribution >= 4 is 28.6 Å². The van der Waals surface area contributed by atoms with Gasteiger partial charge in [-0.3, -0.25) is 4.79 Å². The zero-order valence-electron chi connectivity index (χ0n) is 10.9. The van der Waals surface area contributed by atoms with E-state index in [-0.39, 0.29) is 12.5 Å². The van der Waals surface area contributed by atoms with Gasteiger partial charge in [-0.05, 0) is 17.5 Å². The number of hydrogen-bond acceptors (Lipinski definition) is 4. The average molecular weight is 305 g/mol. The van der Waals surface area contributed by atoms with Gasteiger partial charge in [0.2, 0.25) is 5.91 Å². The first-order valence-corrected chi connectivity index (χ1v) is 8.00. The van der Waals surface area contributed by atoms with Crippen molar-refractivity contribution in [2.45, 2.75) is 19.4 Å². The van der Waals surface area contributed by atoms with Crippen LogP contribution in [0.15, 0.2) is 29.0 Å². The van der Waals surface area contributed by atoms with Gasteiger partial charge in [0.25, 0.3) is 0 Å². The van der Waals surface area contributed by atoms with Crippen molar-refractivity contribution in [2.75, 3.05) is 6.61 Å². The van der Waals surface area contributed by atoms with Crippen molar-refractivity contribution in [2.24, 2.45) is 0 Å². The topological polar surface area (TPSA) is 49.3 Å². The van der Waals surface area contributed by atoms with Crippen LogP contribution in [0.2, 0.25) is 0 Å². The van der Waals surface area contributed by atoms with Gasteiger partial charge >= 0.3 is 0 Å². The lowest BCUT2D eigenvalue weighted by Gasteiger charge is -2.01. The third kappa shape index (κ3) is 4.82. The summed E-state index contributed by atoms with van der Waals surface area (Å²) < 4.78 is 0. The maximum absolute atomic E-state index is 11.7. The van der Waals surface area contributed by atoms with E-state index >= 15 is 0 Å². The van der Waals surface area contributed by atoms with Crippen LogP contribution in [0.25, 0.3) is 0 Å². The van der Waals surface area contributed by atoms with Gasteiger partial charge in [-0.2, -0.15) is 0 Å². The molecule has 0 radical (unpaired) electrons. The van der Waals surface area contributed by atoms with E-state index in [1.165, 1.54) is 0 Å². The number of carbonyl (C=O) groups is 1. The molecule has 0 aliphatic heterocycles. The number of aliphatic hydroxyl groups is 1. The Bertz CT molecular complexity index is 605. The lowest BCUT2D eigenvalue weighted by atomic mass is 10.3. The number of nitrogens with one attached hydrogen (secondary N) is 1. The Kier molecular flexibility index (Phi) is 5.81. The van der Waals surface area contributed by atoms with Crippen LogP contribution in [0.4, 0.5) is 0 Å². The van der Waals surface area contributed by atoms with Crippen LogP contribution in [0.1, 0.15) is 21.7 Å². The highest BCUT2D eigenvalue weighted by Gasteiger charge is 2.05. The SMILES string of the molecule is O=C(Cc1cccs1)NCc1cc(C#CCCO)cs1. The van der Waals surface area contributed by atoms with E-state index in [9.17, 15) is 4.79 Å². The van der Waals surface area contributed by atoms with Crippen LogP contribution >= 0.6 is 22.7 Å². The molecule has 0 unspecified atom stereocenters. The standard InChI is InChI=1S/C15H15NO2S2/c17-6-2-1-4-12-8-14(20-11-12)10-16-15(18)9-13-5-3-7-19-13/h3,5,7-8,11,17H,2,6,9-10H2,(H,16,18). The van der Waals surface area contributed by atoms with Gasteiger partial charge in [0.15, 0.2) is 0 Å². The van der Waals surface area contributed by atoms with Crippen molar-refractivity contribution in [1.29, 1.82) is 0 Å². The van der Waals surface area contributed by atoms with Gasteiger partial charge in [0.05, 0.1) is 19.6 Å². The first-order valence-electron chi connectivity index (χ1n) is 6.24. The molecule has 0 aliphatic rings.